The summed E-state index contributed by atoms with van der Waals surface area (Å²) in [5.41, 5.74) is 6.20. The Morgan fingerprint density at radius 3 is 2.80 bits per heavy atom. The maximum atomic E-state index is 11.3. The highest BCUT2D eigenvalue weighted by Crippen LogP contribution is 2.25. The molecule has 15 heavy (non-hydrogen) atoms. The second-order valence-electron chi connectivity index (χ2n) is 3.53. The third kappa shape index (κ3) is 2.16. The van der Waals surface area contributed by atoms with E-state index in [1.165, 1.54) is 0 Å². The topological polar surface area (TPSA) is 90.9 Å². The maximum absolute atomic E-state index is 11.3. The number of halogens is 1. The van der Waals surface area contributed by atoms with Crippen LogP contribution in [-0.4, -0.2) is 34.9 Å². The van der Waals surface area contributed by atoms with Crippen LogP contribution in [0.15, 0.2) is 0 Å². The van der Waals surface area contributed by atoms with Crippen LogP contribution in [0.5, 0.6) is 0 Å². The third-order valence-corrected chi connectivity index (χ3v) is 5.32. The molecule has 0 aromatic carbocycles. The largest absolute Gasteiger partial charge is 0.325 e. The van der Waals surface area contributed by atoms with Crippen molar-refractivity contribution in [2.75, 3.05) is 11.5 Å². The molecule has 1 aromatic rings. The van der Waals surface area contributed by atoms with Gasteiger partial charge in [-0.05, 0) is 29.0 Å². The second-order valence-corrected chi connectivity index (χ2v) is 6.78. The molecule has 0 radical (unpaired) electrons. The van der Waals surface area contributed by atoms with E-state index in [1.54, 1.807) is 4.68 Å². The Bertz CT molecular complexity index is 469. The van der Waals surface area contributed by atoms with Crippen molar-refractivity contribution < 1.29 is 8.42 Å². The van der Waals surface area contributed by atoms with E-state index in [0.29, 0.717) is 13.0 Å². The normalized spacial score (nSPS) is 24.5. The molecule has 1 aliphatic rings. The van der Waals surface area contributed by atoms with Crippen molar-refractivity contribution in [3.8, 4) is 0 Å². The van der Waals surface area contributed by atoms with Crippen molar-refractivity contribution in [1.82, 2.24) is 15.0 Å². The summed E-state index contributed by atoms with van der Waals surface area (Å²) < 4.78 is 25.1. The van der Waals surface area contributed by atoms with Crippen molar-refractivity contribution in [2.24, 2.45) is 5.73 Å². The Morgan fingerprint density at radius 1 is 1.60 bits per heavy atom. The molecular formula is C7H11IN4O2S. The van der Waals surface area contributed by atoms with Crippen LogP contribution in [-0.2, 0) is 16.4 Å². The Morgan fingerprint density at radius 2 is 2.33 bits per heavy atom. The van der Waals surface area contributed by atoms with Crippen molar-refractivity contribution in [3.05, 3.63) is 9.39 Å². The first-order chi connectivity index (χ1) is 7.03. The zero-order valence-electron chi connectivity index (χ0n) is 7.93. The SMILES string of the molecule is NCc1nnn(C2CCS(=O)(=O)C2)c1I. The van der Waals surface area contributed by atoms with Crippen molar-refractivity contribution in [1.29, 1.82) is 0 Å². The summed E-state index contributed by atoms with van der Waals surface area (Å²) in [6.07, 6.45) is 0.617. The van der Waals surface area contributed by atoms with Gasteiger partial charge in [0.2, 0.25) is 0 Å². The molecule has 1 unspecified atom stereocenters. The molecule has 0 aliphatic carbocycles. The first-order valence-electron chi connectivity index (χ1n) is 4.53. The van der Waals surface area contributed by atoms with Gasteiger partial charge in [-0.3, -0.25) is 0 Å². The smallest absolute Gasteiger partial charge is 0.152 e. The van der Waals surface area contributed by atoms with Crippen LogP contribution in [0.1, 0.15) is 18.2 Å². The minimum absolute atomic E-state index is 0.0744. The van der Waals surface area contributed by atoms with Gasteiger partial charge in [0.1, 0.15) is 9.39 Å². The first-order valence-corrected chi connectivity index (χ1v) is 7.43. The fourth-order valence-electron chi connectivity index (χ4n) is 1.64. The summed E-state index contributed by atoms with van der Waals surface area (Å²) in [5.74, 6) is 0.405. The average molecular weight is 342 g/mol. The van der Waals surface area contributed by atoms with Crippen LogP contribution >= 0.6 is 22.6 Å². The lowest BCUT2D eigenvalue weighted by atomic mass is 10.3. The molecule has 2 rings (SSSR count). The quantitative estimate of drug-likeness (QED) is 0.746. The molecule has 1 aromatic heterocycles. The minimum Gasteiger partial charge on any atom is -0.325 e. The van der Waals surface area contributed by atoms with Gasteiger partial charge < -0.3 is 5.73 Å². The fourth-order valence-corrected chi connectivity index (χ4v) is 4.15. The zero-order chi connectivity index (χ0) is 11.1. The lowest BCUT2D eigenvalue weighted by Gasteiger charge is -2.08. The average Bonchev–Trinajstić information content (AvgIpc) is 2.69. The molecule has 8 heteroatoms. The van der Waals surface area contributed by atoms with Crippen LogP contribution < -0.4 is 5.73 Å². The molecule has 0 saturated carbocycles. The zero-order valence-corrected chi connectivity index (χ0v) is 10.9. The molecule has 1 saturated heterocycles. The molecule has 0 amide bonds. The van der Waals surface area contributed by atoms with Gasteiger partial charge in [-0.2, -0.15) is 0 Å². The van der Waals surface area contributed by atoms with E-state index in [0.717, 1.165) is 9.39 Å². The highest BCUT2D eigenvalue weighted by atomic mass is 127. The van der Waals surface area contributed by atoms with Crippen molar-refractivity contribution in [2.45, 2.75) is 19.0 Å². The molecule has 1 fully saturated rings. The summed E-state index contributed by atoms with van der Waals surface area (Å²) >= 11 is 2.10. The summed E-state index contributed by atoms with van der Waals surface area (Å²) in [4.78, 5) is 0. The molecule has 6 nitrogen and oxygen atoms in total. The van der Waals surface area contributed by atoms with Gasteiger partial charge >= 0.3 is 0 Å². The Labute approximate surface area is 101 Å². The number of rotatable bonds is 2. The summed E-state index contributed by atoms with van der Waals surface area (Å²) in [5, 5.41) is 7.86. The molecule has 1 aliphatic heterocycles. The first kappa shape index (κ1) is 11.3. The summed E-state index contributed by atoms with van der Waals surface area (Å²) in [6, 6.07) is -0.0744. The van der Waals surface area contributed by atoms with E-state index in [2.05, 4.69) is 32.9 Å². The number of hydrogen-bond acceptors (Lipinski definition) is 5. The van der Waals surface area contributed by atoms with Crippen molar-refractivity contribution in [3.63, 3.8) is 0 Å². The van der Waals surface area contributed by atoms with Crippen LogP contribution in [0.25, 0.3) is 0 Å². The molecule has 2 heterocycles. The van der Waals surface area contributed by atoms with E-state index >= 15 is 0 Å². The van der Waals surface area contributed by atoms with Crippen LogP contribution in [0.3, 0.4) is 0 Å². The third-order valence-electron chi connectivity index (χ3n) is 2.45. The summed E-state index contributed by atoms with van der Waals surface area (Å²) in [6.45, 7) is 0.331. The van der Waals surface area contributed by atoms with Gasteiger partial charge in [0.05, 0.1) is 17.5 Å². The highest BCUT2D eigenvalue weighted by molar-refractivity contribution is 14.1. The number of nitrogens with zero attached hydrogens (tertiary/aromatic N) is 3. The van der Waals surface area contributed by atoms with Gasteiger partial charge in [-0.1, -0.05) is 5.21 Å². The molecule has 2 N–H and O–H groups in total. The van der Waals surface area contributed by atoms with Gasteiger partial charge in [0.15, 0.2) is 9.84 Å². The molecular weight excluding hydrogens is 331 g/mol. The molecule has 0 spiro atoms. The van der Waals surface area contributed by atoms with Crippen molar-refractivity contribution >= 4 is 32.4 Å². The number of nitrogens with two attached hydrogens (primary N) is 1. The molecule has 0 bridgehead atoms. The van der Waals surface area contributed by atoms with E-state index in [9.17, 15) is 8.42 Å². The van der Waals surface area contributed by atoms with E-state index in [-0.39, 0.29) is 17.5 Å². The van der Waals surface area contributed by atoms with E-state index < -0.39 is 9.84 Å². The fraction of sp³-hybridized carbons (Fsp3) is 0.714. The van der Waals surface area contributed by atoms with Crippen LogP contribution in [0, 0.1) is 3.70 Å². The monoisotopic (exact) mass is 342 g/mol. The van der Waals surface area contributed by atoms with Gasteiger partial charge in [-0.25, -0.2) is 13.1 Å². The minimum atomic E-state index is -2.88. The molecule has 1 atom stereocenters. The standard InChI is InChI=1S/C7H11IN4O2S/c8-7-6(3-9)10-11-12(7)5-1-2-15(13,14)4-5/h5H,1-4,9H2. The number of sulfone groups is 1. The van der Waals surface area contributed by atoms with Gasteiger partial charge in [-0.15, -0.1) is 5.10 Å². The van der Waals surface area contributed by atoms with E-state index in [1.807, 2.05) is 0 Å². The van der Waals surface area contributed by atoms with E-state index in [4.69, 9.17) is 5.73 Å². The Hall–Kier alpha value is -0.220. The van der Waals surface area contributed by atoms with Gasteiger partial charge in [0, 0.05) is 6.54 Å². The number of aromatic nitrogens is 3. The van der Waals surface area contributed by atoms with Crippen LogP contribution in [0.2, 0.25) is 0 Å². The maximum Gasteiger partial charge on any atom is 0.152 e. The van der Waals surface area contributed by atoms with Gasteiger partial charge in [0.25, 0.3) is 0 Å². The predicted octanol–water partition coefficient (Wildman–Crippen LogP) is -0.299. The summed E-state index contributed by atoms with van der Waals surface area (Å²) in [7, 11) is -2.88. The lowest BCUT2D eigenvalue weighted by Crippen LogP contribution is -2.14. The van der Waals surface area contributed by atoms with Crippen LogP contribution in [0.4, 0.5) is 0 Å². The second kappa shape index (κ2) is 3.98. The highest BCUT2D eigenvalue weighted by Gasteiger charge is 2.31. The number of hydrogen-bond donors (Lipinski definition) is 1. The molecule has 84 valence electrons. The lowest BCUT2D eigenvalue weighted by molar-refractivity contribution is 0.475. The Kier molecular flexibility index (Phi) is 2.99. The Balaban J connectivity index is 2.28. The predicted molar refractivity (Wildman–Crippen MR) is 62.9 cm³/mol.